The van der Waals surface area contributed by atoms with Crippen LogP contribution in [0.3, 0.4) is 0 Å². The second-order valence-electron chi connectivity index (χ2n) is 12.6. The van der Waals surface area contributed by atoms with E-state index >= 15 is 0 Å². The first-order valence-corrected chi connectivity index (χ1v) is 15.0. The standard InChI is InChI=1S/C35H39F2N5O2/c1-23-5-13-29(14-6-23)42-32(22-31(40-42)35(2,3)4)39-34(44)38-28-11-7-24(8-12-28)19-25-15-17-41(18-16-25)33(43)20-26-9-10-27(36)21-30(26)37/h5-14,21-22,25H,15-20H2,1-4H3,(H2,38,39,44). The number of aromatic nitrogens is 2. The number of hydrogen-bond donors (Lipinski definition) is 2. The number of nitrogens with zero attached hydrogens (tertiary/aromatic N) is 3. The molecule has 2 heterocycles. The Kier molecular flexibility index (Phi) is 9.13. The first-order valence-electron chi connectivity index (χ1n) is 15.0. The number of aryl methyl sites for hydroxylation is 1. The van der Waals surface area contributed by atoms with Gasteiger partial charge in [-0.2, -0.15) is 5.10 Å². The normalized spacial score (nSPS) is 14.0. The van der Waals surface area contributed by atoms with Gasteiger partial charge in [-0.3, -0.25) is 10.1 Å². The third kappa shape index (κ3) is 7.70. The van der Waals surface area contributed by atoms with Crippen LogP contribution in [0.15, 0.2) is 72.8 Å². The number of urea groups is 1. The zero-order valence-corrected chi connectivity index (χ0v) is 25.7. The second-order valence-corrected chi connectivity index (χ2v) is 12.6. The van der Waals surface area contributed by atoms with Gasteiger partial charge in [0, 0.05) is 36.3 Å². The minimum Gasteiger partial charge on any atom is -0.342 e. The molecule has 1 fully saturated rings. The van der Waals surface area contributed by atoms with Crippen LogP contribution in [0.2, 0.25) is 0 Å². The Balaban J connectivity index is 1.14. The Hall–Kier alpha value is -4.53. The summed E-state index contributed by atoms with van der Waals surface area (Å²) in [5.74, 6) is -0.474. The highest BCUT2D eigenvalue weighted by Crippen LogP contribution is 2.27. The van der Waals surface area contributed by atoms with E-state index in [0.717, 1.165) is 47.8 Å². The molecular formula is C35H39F2N5O2. The largest absolute Gasteiger partial charge is 0.342 e. The summed E-state index contributed by atoms with van der Waals surface area (Å²) in [4.78, 5) is 27.4. The Morgan fingerprint density at radius 3 is 2.23 bits per heavy atom. The minimum atomic E-state index is -0.688. The van der Waals surface area contributed by atoms with Crippen LogP contribution in [0.25, 0.3) is 5.69 Å². The average Bonchev–Trinajstić information content (AvgIpc) is 3.40. The predicted molar refractivity (Wildman–Crippen MR) is 169 cm³/mol. The summed E-state index contributed by atoms with van der Waals surface area (Å²) in [5, 5.41) is 10.7. The molecule has 7 nitrogen and oxygen atoms in total. The molecule has 44 heavy (non-hydrogen) atoms. The number of carbonyl (C=O) groups excluding carboxylic acids is 2. The van der Waals surface area contributed by atoms with E-state index in [1.807, 2.05) is 61.5 Å². The Morgan fingerprint density at radius 2 is 1.59 bits per heavy atom. The zero-order valence-electron chi connectivity index (χ0n) is 25.7. The molecule has 0 aliphatic carbocycles. The van der Waals surface area contributed by atoms with Crippen molar-refractivity contribution >= 4 is 23.4 Å². The lowest BCUT2D eigenvalue weighted by molar-refractivity contribution is -0.131. The fraction of sp³-hybridized carbons (Fsp3) is 0.343. The monoisotopic (exact) mass is 599 g/mol. The van der Waals surface area contributed by atoms with E-state index in [-0.39, 0.29) is 29.3 Å². The van der Waals surface area contributed by atoms with Gasteiger partial charge >= 0.3 is 6.03 Å². The van der Waals surface area contributed by atoms with E-state index in [9.17, 15) is 18.4 Å². The van der Waals surface area contributed by atoms with Crippen LogP contribution in [0.5, 0.6) is 0 Å². The highest BCUT2D eigenvalue weighted by atomic mass is 19.1. The van der Waals surface area contributed by atoms with Gasteiger partial charge in [-0.1, -0.05) is 56.7 Å². The van der Waals surface area contributed by atoms with E-state index in [2.05, 4.69) is 31.4 Å². The third-order valence-electron chi connectivity index (χ3n) is 8.06. The van der Waals surface area contributed by atoms with Crippen molar-refractivity contribution in [3.63, 3.8) is 0 Å². The number of nitrogens with one attached hydrogen (secondary N) is 2. The maximum atomic E-state index is 14.0. The van der Waals surface area contributed by atoms with Crippen LogP contribution < -0.4 is 10.6 Å². The molecule has 0 radical (unpaired) electrons. The number of hydrogen-bond acceptors (Lipinski definition) is 3. The van der Waals surface area contributed by atoms with Gasteiger partial charge in [0.15, 0.2) is 0 Å². The first kappa shape index (κ1) is 30.9. The van der Waals surface area contributed by atoms with Crippen molar-refractivity contribution in [2.24, 2.45) is 5.92 Å². The number of anilines is 2. The number of benzene rings is 3. The Bertz CT molecular complexity index is 1620. The molecular weight excluding hydrogens is 560 g/mol. The maximum absolute atomic E-state index is 14.0. The lowest BCUT2D eigenvalue weighted by Gasteiger charge is -2.32. The summed E-state index contributed by atoms with van der Waals surface area (Å²) >= 11 is 0. The molecule has 1 aromatic heterocycles. The van der Waals surface area contributed by atoms with Crippen molar-refractivity contribution in [1.82, 2.24) is 14.7 Å². The molecule has 0 unspecified atom stereocenters. The summed E-state index contributed by atoms with van der Waals surface area (Å²) < 4.78 is 28.9. The average molecular weight is 600 g/mol. The number of amides is 3. The molecule has 9 heteroatoms. The van der Waals surface area contributed by atoms with Crippen LogP contribution >= 0.6 is 0 Å². The van der Waals surface area contributed by atoms with Crippen LogP contribution in [0.1, 0.15) is 56.0 Å². The van der Waals surface area contributed by atoms with Gasteiger partial charge in [-0.05, 0) is 73.6 Å². The van der Waals surface area contributed by atoms with Crippen molar-refractivity contribution < 1.29 is 18.4 Å². The summed E-state index contributed by atoms with van der Waals surface area (Å²) in [6.07, 6.45) is 2.51. The zero-order chi connectivity index (χ0) is 31.4. The van der Waals surface area contributed by atoms with Gasteiger partial charge in [-0.25, -0.2) is 18.3 Å². The van der Waals surface area contributed by atoms with Crippen molar-refractivity contribution in [3.8, 4) is 5.69 Å². The lowest BCUT2D eigenvalue weighted by Crippen LogP contribution is -2.39. The predicted octanol–water partition coefficient (Wildman–Crippen LogP) is 7.42. The fourth-order valence-corrected chi connectivity index (χ4v) is 5.38. The summed E-state index contributed by atoms with van der Waals surface area (Å²) in [6, 6.07) is 20.7. The molecule has 0 saturated carbocycles. The smallest absolute Gasteiger partial charge is 0.324 e. The first-order chi connectivity index (χ1) is 20.9. The third-order valence-corrected chi connectivity index (χ3v) is 8.06. The summed E-state index contributed by atoms with van der Waals surface area (Å²) in [7, 11) is 0. The van der Waals surface area contributed by atoms with Gasteiger partial charge in [0.05, 0.1) is 17.8 Å². The summed E-state index contributed by atoms with van der Waals surface area (Å²) in [5.41, 5.74) is 4.74. The molecule has 1 saturated heterocycles. The number of likely N-dealkylation sites (tertiary alicyclic amines) is 1. The van der Waals surface area contributed by atoms with E-state index in [4.69, 9.17) is 5.10 Å². The van der Waals surface area contributed by atoms with Crippen LogP contribution in [0, 0.1) is 24.5 Å². The van der Waals surface area contributed by atoms with E-state index in [1.54, 1.807) is 9.58 Å². The van der Waals surface area contributed by atoms with Crippen molar-refractivity contribution in [2.75, 3.05) is 23.7 Å². The number of halogens is 2. The molecule has 0 bridgehead atoms. The van der Waals surface area contributed by atoms with Crippen molar-refractivity contribution in [1.29, 1.82) is 0 Å². The SMILES string of the molecule is Cc1ccc(-n2nc(C(C)(C)C)cc2NC(=O)Nc2ccc(CC3CCN(C(=O)Cc4ccc(F)cc4F)CC3)cc2)cc1. The topological polar surface area (TPSA) is 79.3 Å². The molecule has 5 rings (SSSR count). The molecule has 1 aliphatic heterocycles. The molecule has 1 aliphatic rings. The van der Waals surface area contributed by atoms with E-state index < -0.39 is 11.6 Å². The highest BCUT2D eigenvalue weighted by molar-refractivity contribution is 5.99. The molecule has 3 amide bonds. The minimum absolute atomic E-state index is 0.0646. The number of piperidine rings is 1. The van der Waals surface area contributed by atoms with Gasteiger partial charge in [-0.15, -0.1) is 0 Å². The molecule has 4 aromatic rings. The molecule has 2 N–H and O–H groups in total. The summed E-state index contributed by atoms with van der Waals surface area (Å²) in [6.45, 7) is 9.51. The van der Waals surface area contributed by atoms with Crippen LogP contribution in [-0.4, -0.2) is 39.7 Å². The highest BCUT2D eigenvalue weighted by Gasteiger charge is 2.24. The van der Waals surface area contributed by atoms with Crippen molar-refractivity contribution in [2.45, 2.75) is 58.8 Å². The maximum Gasteiger partial charge on any atom is 0.324 e. The molecule has 230 valence electrons. The van der Waals surface area contributed by atoms with Crippen LogP contribution in [0.4, 0.5) is 25.1 Å². The quantitative estimate of drug-likeness (QED) is 0.232. The number of rotatable bonds is 7. The van der Waals surface area contributed by atoms with Gasteiger partial charge in [0.1, 0.15) is 17.5 Å². The molecule has 0 atom stereocenters. The van der Waals surface area contributed by atoms with Crippen LogP contribution in [-0.2, 0) is 23.1 Å². The fourth-order valence-electron chi connectivity index (χ4n) is 5.38. The van der Waals surface area contributed by atoms with Gasteiger partial charge in [0.25, 0.3) is 0 Å². The molecule has 0 spiro atoms. The number of carbonyl (C=O) groups is 2. The Labute approximate surface area is 257 Å². The van der Waals surface area contributed by atoms with E-state index in [0.29, 0.717) is 30.5 Å². The van der Waals surface area contributed by atoms with Gasteiger partial charge in [0.2, 0.25) is 5.91 Å². The lowest BCUT2D eigenvalue weighted by atomic mass is 9.90. The Morgan fingerprint density at radius 1 is 0.909 bits per heavy atom. The second kappa shape index (κ2) is 13.0. The molecule has 3 aromatic carbocycles. The van der Waals surface area contributed by atoms with Crippen molar-refractivity contribution in [3.05, 3.63) is 107 Å². The van der Waals surface area contributed by atoms with E-state index in [1.165, 1.54) is 12.1 Å². The van der Waals surface area contributed by atoms with Gasteiger partial charge < -0.3 is 10.2 Å².